The van der Waals surface area contributed by atoms with E-state index in [9.17, 15) is 13.2 Å². The Morgan fingerprint density at radius 2 is 1.77 bits per heavy atom. The quantitative estimate of drug-likeness (QED) is 0.637. The Hall–Kier alpha value is -2.62. The fourth-order valence-electron chi connectivity index (χ4n) is 3.05. The Labute approximate surface area is 176 Å². The molecule has 162 valence electrons. The summed E-state index contributed by atoms with van der Waals surface area (Å²) < 4.78 is 43.2. The fourth-order valence-corrected chi connectivity index (χ4v) is 4.71. The third kappa shape index (κ3) is 5.29. The van der Waals surface area contributed by atoms with Gasteiger partial charge in [-0.2, -0.15) is 4.31 Å². The molecular weight excluding hydrogens is 408 g/mol. The molecule has 1 aliphatic heterocycles. The number of morpholine rings is 1. The number of methoxy groups -OCH3 is 1. The molecule has 30 heavy (non-hydrogen) atoms. The SMILES string of the molecule is COc1ccc(OCCNC(=O)c2ccc(C)c(S(=O)(=O)N3CCOCC3)c2)cc1. The Morgan fingerprint density at radius 1 is 1.10 bits per heavy atom. The Kier molecular flexibility index (Phi) is 7.30. The summed E-state index contributed by atoms with van der Waals surface area (Å²) in [5, 5.41) is 2.75. The molecule has 0 spiro atoms. The van der Waals surface area contributed by atoms with Crippen LogP contribution in [0.4, 0.5) is 0 Å². The molecule has 8 nitrogen and oxygen atoms in total. The average molecular weight is 435 g/mol. The number of nitrogens with one attached hydrogen (secondary N) is 1. The molecule has 2 aromatic rings. The van der Waals surface area contributed by atoms with Gasteiger partial charge in [0.25, 0.3) is 5.91 Å². The van der Waals surface area contributed by atoms with Crippen LogP contribution in [-0.2, 0) is 14.8 Å². The Morgan fingerprint density at radius 3 is 2.43 bits per heavy atom. The molecule has 1 fully saturated rings. The zero-order valence-electron chi connectivity index (χ0n) is 17.1. The molecule has 0 radical (unpaired) electrons. The van der Waals surface area contributed by atoms with E-state index in [4.69, 9.17) is 14.2 Å². The predicted octanol–water partition coefficient (Wildman–Crippen LogP) is 1.83. The molecule has 3 rings (SSSR count). The third-order valence-corrected chi connectivity index (χ3v) is 6.79. The summed E-state index contributed by atoms with van der Waals surface area (Å²) in [5.41, 5.74) is 0.887. The standard InChI is InChI=1S/C21H26N2O6S/c1-16-3-4-17(15-20(16)30(25,26)23-10-13-28-14-11-23)21(24)22-9-12-29-19-7-5-18(27-2)6-8-19/h3-8,15H,9-14H2,1-2H3,(H,22,24). The summed E-state index contributed by atoms with van der Waals surface area (Å²) in [7, 11) is -2.09. The molecular formula is C21H26N2O6S. The van der Waals surface area contributed by atoms with Crippen molar-refractivity contribution < 1.29 is 27.4 Å². The highest BCUT2D eigenvalue weighted by Crippen LogP contribution is 2.22. The van der Waals surface area contributed by atoms with Crippen molar-refractivity contribution in [1.29, 1.82) is 0 Å². The van der Waals surface area contributed by atoms with Crippen LogP contribution in [0.1, 0.15) is 15.9 Å². The van der Waals surface area contributed by atoms with Gasteiger partial charge in [-0.05, 0) is 48.9 Å². The number of hydrogen-bond acceptors (Lipinski definition) is 6. The molecule has 1 aliphatic rings. The lowest BCUT2D eigenvalue weighted by molar-refractivity contribution is 0.0730. The lowest BCUT2D eigenvalue weighted by atomic mass is 10.1. The van der Waals surface area contributed by atoms with Gasteiger partial charge in [0.05, 0.1) is 31.8 Å². The minimum Gasteiger partial charge on any atom is -0.497 e. The Bertz CT molecular complexity index is 969. The van der Waals surface area contributed by atoms with Crippen LogP contribution in [0.3, 0.4) is 0 Å². The number of sulfonamides is 1. The van der Waals surface area contributed by atoms with Crippen molar-refractivity contribution in [3.8, 4) is 11.5 Å². The van der Waals surface area contributed by atoms with Crippen LogP contribution in [0.2, 0.25) is 0 Å². The lowest BCUT2D eigenvalue weighted by Crippen LogP contribution is -2.41. The normalized spacial score (nSPS) is 14.9. The van der Waals surface area contributed by atoms with E-state index in [0.29, 0.717) is 37.6 Å². The van der Waals surface area contributed by atoms with Gasteiger partial charge in [-0.15, -0.1) is 0 Å². The van der Waals surface area contributed by atoms with Gasteiger partial charge >= 0.3 is 0 Å². The molecule has 0 unspecified atom stereocenters. The van der Waals surface area contributed by atoms with Crippen LogP contribution in [-0.4, -0.2) is 65.2 Å². The van der Waals surface area contributed by atoms with Gasteiger partial charge < -0.3 is 19.5 Å². The maximum atomic E-state index is 13.0. The van der Waals surface area contributed by atoms with Gasteiger partial charge in [0, 0.05) is 18.7 Å². The first-order valence-corrected chi connectivity index (χ1v) is 11.1. The largest absolute Gasteiger partial charge is 0.497 e. The molecule has 1 saturated heterocycles. The fraction of sp³-hybridized carbons (Fsp3) is 0.381. The number of amides is 1. The molecule has 1 heterocycles. The summed E-state index contributed by atoms with van der Waals surface area (Å²) in [6.07, 6.45) is 0. The third-order valence-electron chi connectivity index (χ3n) is 4.75. The number of nitrogens with zero attached hydrogens (tertiary/aromatic N) is 1. The van der Waals surface area contributed by atoms with E-state index < -0.39 is 10.0 Å². The monoisotopic (exact) mass is 434 g/mol. The highest BCUT2D eigenvalue weighted by molar-refractivity contribution is 7.89. The molecule has 9 heteroatoms. The van der Waals surface area contributed by atoms with Gasteiger partial charge in [-0.1, -0.05) is 6.07 Å². The van der Waals surface area contributed by atoms with Crippen LogP contribution in [0.5, 0.6) is 11.5 Å². The van der Waals surface area contributed by atoms with Crippen molar-refractivity contribution in [2.45, 2.75) is 11.8 Å². The summed E-state index contributed by atoms with van der Waals surface area (Å²) >= 11 is 0. The van der Waals surface area contributed by atoms with E-state index in [1.165, 1.54) is 10.4 Å². The van der Waals surface area contributed by atoms with Crippen molar-refractivity contribution in [3.63, 3.8) is 0 Å². The number of aryl methyl sites for hydroxylation is 1. The second kappa shape index (κ2) is 9.92. The first-order chi connectivity index (χ1) is 14.4. The molecule has 1 amide bonds. The first kappa shape index (κ1) is 22.1. The second-order valence-electron chi connectivity index (χ2n) is 6.78. The molecule has 0 saturated carbocycles. The van der Waals surface area contributed by atoms with Gasteiger partial charge in [0.2, 0.25) is 10.0 Å². The number of carbonyl (C=O) groups is 1. The van der Waals surface area contributed by atoms with Crippen molar-refractivity contribution in [1.82, 2.24) is 9.62 Å². The molecule has 1 N–H and O–H groups in total. The van der Waals surface area contributed by atoms with Crippen LogP contribution < -0.4 is 14.8 Å². The minimum atomic E-state index is -3.68. The zero-order valence-corrected chi connectivity index (χ0v) is 17.9. The molecule has 0 atom stereocenters. The topological polar surface area (TPSA) is 94.2 Å². The van der Waals surface area contributed by atoms with E-state index >= 15 is 0 Å². The van der Waals surface area contributed by atoms with Crippen LogP contribution in [0, 0.1) is 6.92 Å². The smallest absolute Gasteiger partial charge is 0.251 e. The van der Waals surface area contributed by atoms with E-state index in [2.05, 4.69) is 5.32 Å². The number of carbonyl (C=O) groups excluding carboxylic acids is 1. The van der Waals surface area contributed by atoms with E-state index in [-0.39, 0.29) is 29.5 Å². The molecule has 0 aromatic heterocycles. The summed E-state index contributed by atoms with van der Waals surface area (Å²) in [6, 6.07) is 11.8. The lowest BCUT2D eigenvalue weighted by Gasteiger charge is -2.26. The van der Waals surface area contributed by atoms with E-state index in [0.717, 1.165) is 5.75 Å². The van der Waals surface area contributed by atoms with Crippen LogP contribution in [0.25, 0.3) is 0 Å². The minimum absolute atomic E-state index is 0.145. The van der Waals surface area contributed by atoms with Gasteiger partial charge in [0.1, 0.15) is 18.1 Å². The van der Waals surface area contributed by atoms with Gasteiger partial charge in [0.15, 0.2) is 0 Å². The van der Waals surface area contributed by atoms with Crippen molar-refractivity contribution in [3.05, 3.63) is 53.6 Å². The van der Waals surface area contributed by atoms with Crippen molar-refractivity contribution in [2.75, 3.05) is 46.6 Å². The molecule has 2 aromatic carbocycles. The number of ether oxygens (including phenoxy) is 3. The summed E-state index contributed by atoms with van der Waals surface area (Å²) in [6.45, 7) is 3.63. The first-order valence-electron chi connectivity index (χ1n) is 9.65. The van der Waals surface area contributed by atoms with Crippen LogP contribution >= 0.6 is 0 Å². The average Bonchev–Trinajstić information content (AvgIpc) is 2.77. The van der Waals surface area contributed by atoms with Crippen molar-refractivity contribution in [2.24, 2.45) is 0 Å². The van der Waals surface area contributed by atoms with E-state index in [1.807, 2.05) is 0 Å². The van der Waals surface area contributed by atoms with Gasteiger partial charge in [-0.25, -0.2) is 8.42 Å². The molecule has 0 bridgehead atoms. The molecule has 0 aliphatic carbocycles. The maximum absolute atomic E-state index is 13.0. The number of rotatable bonds is 8. The van der Waals surface area contributed by atoms with Crippen molar-refractivity contribution >= 4 is 15.9 Å². The highest BCUT2D eigenvalue weighted by Gasteiger charge is 2.28. The van der Waals surface area contributed by atoms with E-state index in [1.54, 1.807) is 50.4 Å². The predicted molar refractivity (Wildman–Crippen MR) is 112 cm³/mol. The highest BCUT2D eigenvalue weighted by atomic mass is 32.2. The zero-order chi connectivity index (χ0) is 21.6. The Balaban J connectivity index is 1.60. The van der Waals surface area contributed by atoms with Crippen LogP contribution in [0.15, 0.2) is 47.4 Å². The summed E-state index contributed by atoms with van der Waals surface area (Å²) in [4.78, 5) is 12.6. The maximum Gasteiger partial charge on any atom is 0.251 e. The summed E-state index contributed by atoms with van der Waals surface area (Å²) in [5.74, 6) is 1.05. The van der Waals surface area contributed by atoms with Gasteiger partial charge in [-0.3, -0.25) is 4.79 Å². The second-order valence-corrected chi connectivity index (χ2v) is 8.68. The number of benzene rings is 2. The number of hydrogen-bond donors (Lipinski definition) is 1.